The molecule has 0 bridgehead atoms. The monoisotopic (exact) mass is 448 g/mol. The summed E-state index contributed by atoms with van der Waals surface area (Å²) in [7, 11) is 0. The summed E-state index contributed by atoms with van der Waals surface area (Å²) in [5.74, 6) is 1.32. The van der Waals surface area contributed by atoms with Gasteiger partial charge in [-0.05, 0) is 68.3 Å². The first kappa shape index (κ1) is 22.0. The molecule has 0 aliphatic rings. The fraction of sp³-hybridized carbons (Fsp3) is 0.222. The third kappa shape index (κ3) is 4.66. The summed E-state index contributed by atoms with van der Waals surface area (Å²) in [6.07, 6.45) is 0.611. The van der Waals surface area contributed by atoms with E-state index in [2.05, 4.69) is 0 Å². The Morgan fingerprint density at radius 1 is 0.875 bits per heavy atom. The first-order chi connectivity index (χ1) is 15.4. The van der Waals surface area contributed by atoms with Gasteiger partial charge in [0.05, 0.1) is 23.6 Å². The number of aryl methyl sites for hydroxylation is 3. The van der Waals surface area contributed by atoms with Gasteiger partial charge in [-0.2, -0.15) is 0 Å². The lowest BCUT2D eigenvalue weighted by Gasteiger charge is -2.14. The molecule has 0 spiro atoms. The molecule has 0 aliphatic heterocycles. The van der Waals surface area contributed by atoms with Crippen molar-refractivity contribution in [2.75, 3.05) is 13.2 Å². The minimum Gasteiger partial charge on any atom is -0.493 e. The quantitative estimate of drug-likeness (QED) is 0.289. The Kier molecular flexibility index (Phi) is 6.52. The molecule has 1 heterocycles. The average molecular weight is 449 g/mol. The van der Waals surface area contributed by atoms with Gasteiger partial charge in [-0.15, -0.1) is 0 Å². The van der Waals surface area contributed by atoms with Gasteiger partial charge in [0.2, 0.25) is 11.2 Å². The summed E-state index contributed by atoms with van der Waals surface area (Å²) in [5.41, 5.74) is 4.19. The zero-order chi connectivity index (χ0) is 22.7. The molecule has 1 aromatic heterocycles. The van der Waals surface area contributed by atoms with E-state index in [1.807, 2.05) is 75.4 Å². The molecule has 164 valence electrons. The van der Waals surface area contributed by atoms with Crippen LogP contribution >= 0.6 is 11.6 Å². The van der Waals surface area contributed by atoms with Crippen molar-refractivity contribution in [1.82, 2.24) is 0 Å². The average Bonchev–Trinajstić information content (AvgIpc) is 2.78. The van der Waals surface area contributed by atoms with Gasteiger partial charge in [0.25, 0.3) is 0 Å². The summed E-state index contributed by atoms with van der Waals surface area (Å²) in [6.45, 7) is 6.78. The van der Waals surface area contributed by atoms with Crippen LogP contribution in [0.3, 0.4) is 0 Å². The molecule has 0 unspecified atom stereocenters. The van der Waals surface area contributed by atoms with Gasteiger partial charge >= 0.3 is 0 Å². The van der Waals surface area contributed by atoms with Gasteiger partial charge in [0.1, 0.15) is 11.3 Å². The summed E-state index contributed by atoms with van der Waals surface area (Å²) < 4.78 is 17.9. The number of benzene rings is 3. The van der Waals surface area contributed by atoms with E-state index in [-0.39, 0.29) is 11.2 Å². The van der Waals surface area contributed by atoms with Gasteiger partial charge in [0.15, 0.2) is 5.76 Å². The smallest absolute Gasteiger partial charge is 0.235 e. The van der Waals surface area contributed by atoms with E-state index in [9.17, 15) is 4.79 Å². The molecule has 0 fully saturated rings. The molecule has 0 atom stereocenters. The third-order valence-electron chi connectivity index (χ3n) is 5.41. The Bertz CT molecular complexity index is 1310. The van der Waals surface area contributed by atoms with Gasteiger partial charge in [-0.25, -0.2) is 0 Å². The highest BCUT2D eigenvalue weighted by molar-refractivity contribution is 6.33. The first-order valence-electron chi connectivity index (χ1n) is 10.6. The Morgan fingerprint density at radius 2 is 1.56 bits per heavy atom. The van der Waals surface area contributed by atoms with Crippen molar-refractivity contribution in [3.63, 3.8) is 0 Å². The number of rotatable bonds is 7. The maximum Gasteiger partial charge on any atom is 0.235 e. The highest BCUT2D eigenvalue weighted by Crippen LogP contribution is 2.35. The van der Waals surface area contributed by atoms with Crippen LogP contribution in [0.1, 0.15) is 23.1 Å². The Hall–Kier alpha value is -3.24. The Balaban J connectivity index is 1.61. The molecular weight excluding hydrogens is 424 g/mol. The van der Waals surface area contributed by atoms with Crippen molar-refractivity contribution in [2.24, 2.45) is 0 Å². The predicted octanol–water partition coefficient (Wildman–Crippen LogP) is 6.89. The molecule has 0 saturated carbocycles. The molecule has 4 aromatic rings. The SMILES string of the molecule is Cc1ccc(OCCCOc2c(-c3ccccc3Cl)oc3cc(C)c(C)cc3c2=O)cc1. The van der Waals surface area contributed by atoms with Crippen LogP contribution in [-0.2, 0) is 0 Å². The zero-order valence-corrected chi connectivity index (χ0v) is 19.2. The molecule has 5 heteroatoms. The van der Waals surface area contributed by atoms with Gasteiger partial charge in [-0.3, -0.25) is 4.79 Å². The maximum atomic E-state index is 13.4. The van der Waals surface area contributed by atoms with Crippen molar-refractivity contribution in [1.29, 1.82) is 0 Å². The molecule has 0 amide bonds. The third-order valence-corrected chi connectivity index (χ3v) is 5.74. The largest absolute Gasteiger partial charge is 0.493 e. The van der Waals surface area contributed by atoms with Gasteiger partial charge < -0.3 is 13.9 Å². The molecule has 3 aromatic carbocycles. The molecule has 0 aliphatic carbocycles. The molecule has 4 rings (SSSR count). The topological polar surface area (TPSA) is 48.7 Å². The second kappa shape index (κ2) is 9.49. The van der Waals surface area contributed by atoms with E-state index >= 15 is 0 Å². The first-order valence-corrected chi connectivity index (χ1v) is 11.0. The molecule has 0 N–H and O–H groups in total. The Morgan fingerprint density at radius 3 is 2.31 bits per heavy atom. The summed E-state index contributed by atoms with van der Waals surface area (Å²) in [6, 6.07) is 18.9. The van der Waals surface area contributed by atoms with E-state index in [0.29, 0.717) is 47.0 Å². The van der Waals surface area contributed by atoms with E-state index < -0.39 is 0 Å². The van der Waals surface area contributed by atoms with Gasteiger partial charge in [0, 0.05) is 12.0 Å². The molecule has 32 heavy (non-hydrogen) atoms. The molecule has 4 nitrogen and oxygen atoms in total. The van der Waals surface area contributed by atoms with Crippen LogP contribution in [0.25, 0.3) is 22.3 Å². The number of hydrogen-bond donors (Lipinski definition) is 0. The lowest BCUT2D eigenvalue weighted by atomic mass is 10.0. The van der Waals surface area contributed by atoms with Crippen LogP contribution in [-0.4, -0.2) is 13.2 Å². The Labute approximate surface area is 192 Å². The van der Waals surface area contributed by atoms with Crippen LogP contribution < -0.4 is 14.9 Å². The van der Waals surface area contributed by atoms with E-state index in [4.69, 9.17) is 25.5 Å². The predicted molar refractivity (Wildman–Crippen MR) is 129 cm³/mol. The van der Waals surface area contributed by atoms with Crippen molar-refractivity contribution in [3.05, 3.63) is 92.6 Å². The van der Waals surface area contributed by atoms with Gasteiger partial charge in [-0.1, -0.05) is 41.4 Å². The summed E-state index contributed by atoms with van der Waals surface area (Å²) in [5, 5.41) is 0.987. The number of hydrogen-bond acceptors (Lipinski definition) is 4. The van der Waals surface area contributed by atoms with E-state index in [1.165, 1.54) is 5.56 Å². The number of halogens is 1. The lowest BCUT2D eigenvalue weighted by Crippen LogP contribution is -2.13. The number of ether oxygens (including phenoxy) is 2. The standard InChI is InChI=1S/C27H25ClO4/c1-17-9-11-20(12-10-17)30-13-6-14-31-27-25(29)22-15-18(2)19(3)16-24(22)32-26(27)21-7-4-5-8-23(21)28/h4-5,7-12,15-16H,6,13-14H2,1-3H3. The van der Waals surface area contributed by atoms with Crippen molar-refractivity contribution < 1.29 is 13.9 Å². The van der Waals surface area contributed by atoms with Crippen molar-refractivity contribution in [2.45, 2.75) is 27.2 Å². The second-order valence-corrected chi connectivity index (χ2v) is 8.27. The van der Waals surface area contributed by atoms with Crippen LogP contribution in [0, 0.1) is 20.8 Å². The summed E-state index contributed by atoms with van der Waals surface area (Å²) in [4.78, 5) is 13.4. The molecule has 0 saturated heterocycles. The van der Waals surface area contributed by atoms with Crippen LogP contribution in [0.2, 0.25) is 5.02 Å². The molecular formula is C27H25ClO4. The van der Waals surface area contributed by atoms with Crippen molar-refractivity contribution in [3.8, 4) is 22.8 Å². The van der Waals surface area contributed by atoms with Crippen molar-refractivity contribution >= 4 is 22.6 Å². The highest BCUT2D eigenvalue weighted by atomic mass is 35.5. The number of fused-ring (bicyclic) bond motifs is 1. The van der Waals surface area contributed by atoms with Crippen LogP contribution in [0.15, 0.2) is 69.9 Å². The van der Waals surface area contributed by atoms with Crippen LogP contribution in [0.4, 0.5) is 0 Å². The molecule has 0 radical (unpaired) electrons. The van der Waals surface area contributed by atoms with E-state index in [0.717, 1.165) is 16.9 Å². The van der Waals surface area contributed by atoms with Crippen LogP contribution in [0.5, 0.6) is 11.5 Å². The highest BCUT2D eigenvalue weighted by Gasteiger charge is 2.20. The van der Waals surface area contributed by atoms with E-state index in [1.54, 1.807) is 6.07 Å². The lowest BCUT2D eigenvalue weighted by molar-refractivity contribution is 0.244. The normalized spacial score (nSPS) is 11.0. The maximum absolute atomic E-state index is 13.4. The minimum absolute atomic E-state index is 0.171. The summed E-state index contributed by atoms with van der Waals surface area (Å²) >= 11 is 6.42. The zero-order valence-electron chi connectivity index (χ0n) is 18.4. The fourth-order valence-corrected chi connectivity index (χ4v) is 3.67. The fourth-order valence-electron chi connectivity index (χ4n) is 3.44. The minimum atomic E-state index is -0.205. The second-order valence-electron chi connectivity index (χ2n) is 7.87.